The highest BCUT2D eigenvalue weighted by Crippen LogP contribution is 2.21. The second kappa shape index (κ2) is 6.79. The van der Waals surface area contributed by atoms with E-state index in [9.17, 15) is 4.79 Å². The maximum atomic E-state index is 12.4. The van der Waals surface area contributed by atoms with Gasteiger partial charge in [0.15, 0.2) is 0 Å². The smallest absolute Gasteiger partial charge is 0.255 e. The molecule has 3 rings (SSSR count). The van der Waals surface area contributed by atoms with E-state index in [1.807, 2.05) is 12.1 Å². The first kappa shape index (κ1) is 15.5. The van der Waals surface area contributed by atoms with E-state index in [0.717, 1.165) is 17.1 Å². The number of hydrogen-bond acceptors (Lipinski definition) is 4. The summed E-state index contributed by atoms with van der Waals surface area (Å²) in [4.78, 5) is 18.6. The quantitative estimate of drug-likeness (QED) is 0.947. The predicted molar refractivity (Wildman–Crippen MR) is 90.2 cm³/mol. The third-order valence-corrected chi connectivity index (χ3v) is 3.96. The molecule has 0 spiro atoms. The Balaban J connectivity index is 1.71. The van der Waals surface area contributed by atoms with E-state index in [0.29, 0.717) is 31.9 Å². The number of hydrogen-bond donors (Lipinski definition) is 1. The van der Waals surface area contributed by atoms with Crippen molar-refractivity contribution in [1.29, 1.82) is 0 Å². The Labute approximate surface area is 136 Å². The van der Waals surface area contributed by atoms with Crippen LogP contribution >= 0.6 is 0 Å². The van der Waals surface area contributed by atoms with Gasteiger partial charge in [0, 0.05) is 25.0 Å². The van der Waals surface area contributed by atoms with Crippen LogP contribution in [0.15, 0.2) is 36.5 Å². The second-order valence-electron chi connectivity index (χ2n) is 5.78. The van der Waals surface area contributed by atoms with Gasteiger partial charge in [0.2, 0.25) is 0 Å². The van der Waals surface area contributed by atoms with Gasteiger partial charge in [-0.15, -0.1) is 0 Å². The lowest BCUT2D eigenvalue weighted by Gasteiger charge is -2.26. The molecule has 1 amide bonds. The summed E-state index contributed by atoms with van der Waals surface area (Å²) in [6.45, 7) is 6.60. The molecule has 1 fully saturated rings. The topological polar surface area (TPSA) is 54.5 Å². The molecule has 120 valence electrons. The third kappa shape index (κ3) is 3.68. The largest absolute Gasteiger partial charge is 0.378 e. The lowest BCUT2D eigenvalue weighted by molar-refractivity contribution is 0.0302. The summed E-state index contributed by atoms with van der Waals surface area (Å²) in [5.74, 6) is 0.747. The first-order chi connectivity index (χ1) is 11.1. The molecule has 1 aromatic carbocycles. The number of carbonyl (C=O) groups is 1. The number of aryl methyl sites for hydroxylation is 2. The van der Waals surface area contributed by atoms with Crippen LogP contribution in [0.1, 0.15) is 21.5 Å². The highest BCUT2D eigenvalue weighted by molar-refractivity contribution is 5.94. The number of pyridine rings is 1. The average Bonchev–Trinajstić information content (AvgIpc) is 2.59. The number of ether oxygens (including phenoxy) is 1. The van der Waals surface area contributed by atoms with Gasteiger partial charge in [-0.25, -0.2) is 4.98 Å². The van der Waals surface area contributed by atoms with E-state index in [4.69, 9.17) is 4.74 Å². The molecule has 0 atom stereocenters. The monoisotopic (exact) mass is 311 g/mol. The Morgan fingerprint density at radius 3 is 2.65 bits per heavy atom. The fourth-order valence-corrected chi connectivity index (χ4v) is 2.55. The van der Waals surface area contributed by atoms with E-state index in [2.05, 4.69) is 42.3 Å². The van der Waals surface area contributed by atoms with Gasteiger partial charge in [0.05, 0.1) is 18.8 Å². The van der Waals surface area contributed by atoms with Crippen molar-refractivity contribution in [3.8, 4) is 0 Å². The van der Waals surface area contributed by atoms with Gasteiger partial charge >= 0.3 is 0 Å². The number of amides is 1. The number of nitrogens with zero attached hydrogens (tertiary/aromatic N) is 2. The minimum Gasteiger partial charge on any atom is -0.378 e. The summed E-state index contributed by atoms with van der Waals surface area (Å²) in [6, 6.07) is 9.91. The van der Waals surface area contributed by atoms with Crippen LogP contribution in [0, 0.1) is 13.8 Å². The molecule has 1 N–H and O–H groups in total. The normalized spacial score (nSPS) is 14.6. The zero-order valence-corrected chi connectivity index (χ0v) is 13.5. The minimum absolute atomic E-state index is 0.0130. The highest BCUT2D eigenvalue weighted by atomic mass is 16.5. The van der Waals surface area contributed by atoms with E-state index >= 15 is 0 Å². The van der Waals surface area contributed by atoms with Gasteiger partial charge in [-0.2, -0.15) is 0 Å². The number of rotatable bonds is 3. The molecule has 0 unspecified atom stereocenters. The lowest BCUT2D eigenvalue weighted by atomic mass is 10.1. The van der Waals surface area contributed by atoms with Crippen LogP contribution in [-0.2, 0) is 4.74 Å². The Kier molecular flexibility index (Phi) is 4.57. The predicted octanol–water partition coefficient (Wildman–Crippen LogP) is 2.91. The molecule has 2 aromatic rings. The van der Waals surface area contributed by atoms with Crippen LogP contribution in [0.3, 0.4) is 0 Å². The van der Waals surface area contributed by atoms with Crippen LogP contribution in [-0.4, -0.2) is 42.1 Å². The Hall–Kier alpha value is -2.40. The first-order valence-electron chi connectivity index (χ1n) is 7.81. The van der Waals surface area contributed by atoms with E-state index in [1.165, 1.54) is 5.56 Å². The SMILES string of the molecule is Cc1ccc(C)c(Nc2ccc(C(=O)N3CCOCC3)cn2)c1. The van der Waals surface area contributed by atoms with Crippen molar-refractivity contribution in [3.63, 3.8) is 0 Å². The molecule has 5 nitrogen and oxygen atoms in total. The fourth-order valence-electron chi connectivity index (χ4n) is 2.55. The van der Waals surface area contributed by atoms with Gasteiger partial charge in [-0.1, -0.05) is 12.1 Å². The molecule has 23 heavy (non-hydrogen) atoms. The second-order valence-corrected chi connectivity index (χ2v) is 5.78. The molecule has 0 aliphatic carbocycles. The number of carbonyl (C=O) groups excluding carboxylic acids is 1. The van der Waals surface area contributed by atoms with Gasteiger partial charge < -0.3 is 15.0 Å². The summed E-state index contributed by atoms with van der Waals surface area (Å²) in [6.07, 6.45) is 1.63. The van der Waals surface area contributed by atoms with Crippen LogP contribution in [0.4, 0.5) is 11.5 Å². The Morgan fingerprint density at radius 1 is 1.17 bits per heavy atom. The van der Waals surface area contributed by atoms with E-state index in [-0.39, 0.29) is 5.91 Å². The molecule has 5 heteroatoms. The van der Waals surface area contributed by atoms with Crippen molar-refractivity contribution in [2.45, 2.75) is 13.8 Å². The summed E-state index contributed by atoms with van der Waals surface area (Å²) in [7, 11) is 0. The van der Waals surface area contributed by atoms with Crippen LogP contribution < -0.4 is 5.32 Å². The number of anilines is 2. The van der Waals surface area contributed by atoms with E-state index in [1.54, 1.807) is 11.1 Å². The van der Waals surface area contributed by atoms with Crippen LogP contribution in [0.25, 0.3) is 0 Å². The number of nitrogens with one attached hydrogen (secondary N) is 1. The standard InChI is InChI=1S/C18H21N3O2/c1-13-3-4-14(2)16(11-13)20-17-6-5-15(12-19-17)18(22)21-7-9-23-10-8-21/h3-6,11-12H,7-10H2,1-2H3,(H,19,20). The number of morpholine rings is 1. The molecular formula is C18H21N3O2. The van der Waals surface area contributed by atoms with Gasteiger partial charge in [-0.3, -0.25) is 4.79 Å². The molecule has 0 bridgehead atoms. The minimum atomic E-state index is 0.0130. The zero-order chi connectivity index (χ0) is 16.2. The van der Waals surface area contributed by atoms with Crippen molar-refractivity contribution in [2.24, 2.45) is 0 Å². The molecule has 1 aromatic heterocycles. The van der Waals surface area contributed by atoms with Crippen molar-refractivity contribution in [2.75, 3.05) is 31.6 Å². The molecule has 1 aliphatic rings. The molecule has 0 radical (unpaired) electrons. The number of aromatic nitrogens is 1. The fraction of sp³-hybridized carbons (Fsp3) is 0.333. The van der Waals surface area contributed by atoms with Crippen molar-refractivity contribution < 1.29 is 9.53 Å². The van der Waals surface area contributed by atoms with Gasteiger partial charge in [0.25, 0.3) is 5.91 Å². The molecule has 2 heterocycles. The highest BCUT2D eigenvalue weighted by Gasteiger charge is 2.18. The van der Waals surface area contributed by atoms with Gasteiger partial charge in [-0.05, 0) is 43.2 Å². The first-order valence-corrected chi connectivity index (χ1v) is 7.81. The van der Waals surface area contributed by atoms with Crippen molar-refractivity contribution in [3.05, 3.63) is 53.2 Å². The molecule has 0 saturated carbocycles. The average molecular weight is 311 g/mol. The van der Waals surface area contributed by atoms with Gasteiger partial charge in [0.1, 0.15) is 5.82 Å². The third-order valence-electron chi connectivity index (χ3n) is 3.96. The van der Waals surface area contributed by atoms with Crippen LogP contribution in [0.5, 0.6) is 0 Å². The molecule has 1 saturated heterocycles. The summed E-state index contributed by atoms with van der Waals surface area (Å²) in [5.41, 5.74) is 3.99. The lowest BCUT2D eigenvalue weighted by Crippen LogP contribution is -2.40. The molecule has 1 aliphatic heterocycles. The Morgan fingerprint density at radius 2 is 1.96 bits per heavy atom. The Bertz CT molecular complexity index is 692. The van der Waals surface area contributed by atoms with Crippen molar-refractivity contribution in [1.82, 2.24) is 9.88 Å². The summed E-state index contributed by atoms with van der Waals surface area (Å²) < 4.78 is 5.27. The maximum Gasteiger partial charge on any atom is 0.255 e. The van der Waals surface area contributed by atoms with Crippen molar-refractivity contribution >= 4 is 17.4 Å². The van der Waals surface area contributed by atoms with Crippen LogP contribution in [0.2, 0.25) is 0 Å². The van der Waals surface area contributed by atoms with E-state index < -0.39 is 0 Å². The number of benzene rings is 1. The maximum absolute atomic E-state index is 12.4. The zero-order valence-electron chi connectivity index (χ0n) is 13.5. The summed E-state index contributed by atoms with van der Waals surface area (Å²) in [5, 5.41) is 3.30. The molecular weight excluding hydrogens is 290 g/mol. The summed E-state index contributed by atoms with van der Waals surface area (Å²) >= 11 is 0.